The molecule has 0 N–H and O–H groups in total. The molecule has 6 heteroatoms. The van der Waals surface area contributed by atoms with Gasteiger partial charge in [0, 0.05) is 5.39 Å². The fraction of sp³-hybridized carbons (Fsp3) is 0.182. The van der Waals surface area contributed by atoms with Crippen LogP contribution in [0, 0.1) is 13.8 Å². The number of aromatic nitrogens is 3. The van der Waals surface area contributed by atoms with Crippen LogP contribution in [0.15, 0.2) is 6.33 Å². The first-order chi connectivity index (χ1) is 8.09. The van der Waals surface area contributed by atoms with E-state index >= 15 is 0 Å². The van der Waals surface area contributed by atoms with E-state index in [0.717, 1.165) is 31.7 Å². The molecule has 0 unspecified atom stereocenters. The molecule has 0 aliphatic carbocycles. The fourth-order valence-electron chi connectivity index (χ4n) is 1.87. The van der Waals surface area contributed by atoms with Gasteiger partial charge < -0.3 is 0 Å². The molecule has 0 spiro atoms. The number of fused-ring (bicyclic) bond motifs is 3. The Balaban J connectivity index is 2.62. The van der Waals surface area contributed by atoms with Crippen LogP contribution >= 0.6 is 34.5 Å². The summed E-state index contributed by atoms with van der Waals surface area (Å²) in [6.45, 7) is 3.87. The normalized spacial score (nSPS) is 11.5. The van der Waals surface area contributed by atoms with Crippen molar-refractivity contribution in [3.63, 3.8) is 0 Å². The van der Waals surface area contributed by atoms with Gasteiger partial charge in [0.05, 0.1) is 20.9 Å². The summed E-state index contributed by atoms with van der Waals surface area (Å²) >= 11 is 13.8. The van der Waals surface area contributed by atoms with E-state index in [1.54, 1.807) is 0 Å². The van der Waals surface area contributed by atoms with Crippen molar-refractivity contribution in [2.75, 3.05) is 0 Å². The molecule has 86 valence electrons. The van der Waals surface area contributed by atoms with Crippen LogP contribution in [0.4, 0.5) is 0 Å². The number of rotatable bonds is 0. The summed E-state index contributed by atoms with van der Waals surface area (Å²) in [7, 11) is 0. The molecule has 0 fully saturated rings. The Labute approximate surface area is 111 Å². The Bertz CT molecular complexity index is 751. The molecule has 0 bridgehead atoms. The van der Waals surface area contributed by atoms with Crippen LogP contribution in [0.2, 0.25) is 10.2 Å². The Hall–Kier alpha value is -0.970. The largest absolute Gasteiger partial charge is 0.241 e. The van der Waals surface area contributed by atoms with Crippen molar-refractivity contribution < 1.29 is 0 Å². The lowest BCUT2D eigenvalue weighted by molar-refractivity contribution is 1.23. The molecular weight excluding hydrogens is 277 g/mol. The zero-order valence-electron chi connectivity index (χ0n) is 9.08. The van der Waals surface area contributed by atoms with Gasteiger partial charge in [-0.25, -0.2) is 15.0 Å². The molecule has 3 heterocycles. The second-order valence-corrected chi connectivity index (χ2v) is 5.50. The molecule has 3 aromatic heterocycles. The molecule has 3 nitrogen and oxygen atoms in total. The average molecular weight is 284 g/mol. The third-order valence-corrected chi connectivity index (χ3v) is 4.74. The standard InChI is InChI=1S/C11H7Cl2N3S/c1-4-6-8-9(10(13)15-3-14-8)17-11(6)16-5(2)7(4)12/h3H,1-2H3. The number of nitrogens with zero attached hydrogens (tertiary/aromatic N) is 3. The molecule has 0 saturated carbocycles. The van der Waals surface area contributed by atoms with E-state index in [0.29, 0.717) is 10.2 Å². The number of hydrogen-bond donors (Lipinski definition) is 0. The first-order valence-corrected chi connectivity index (χ1v) is 6.52. The van der Waals surface area contributed by atoms with Gasteiger partial charge in [-0.2, -0.15) is 0 Å². The van der Waals surface area contributed by atoms with Gasteiger partial charge in [0.1, 0.15) is 16.3 Å². The lowest BCUT2D eigenvalue weighted by atomic mass is 10.1. The van der Waals surface area contributed by atoms with Crippen LogP contribution in [-0.2, 0) is 0 Å². The van der Waals surface area contributed by atoms with E-state index in [1.807, 2.05) is 13.8 Å². The minimum absolute atomic E-state index is 0.464. The predicted molar refractivity (Wildman–Crippen MR) is 72.2 cm³/mol. The molecule has 0 aliphatic heterocycles. The molecule has 0 atom stereocenters. The summed E-state index contributed by atoms with van der Waals surface area (Å²) in [5.41, 5.74) is 2.65. The predicted octanol–water partition coefficient (Wildman–Crippen LogP) is 4.16. The van der Waals surface area contributed by atoms with Crippen molar-refractivity contribution in [2.24, 2.45) is 0 Å². The Kier molecular flexibility index (Phi) is 2.47. The lowest BCUT2D eigenvalue weighted by Gasteiger charge is -2.02. The highest BCUT2D eigenvalue weighted by Gasteiger charge is 2.16. The van der Waals surface area contributed by atoms with Crippen LogP contribution < -0.4 is 0 Å². The van der Waals surface area contributed by atoms with Crippen molar-refractivity contribution in [2.45, 2.75) is 13.8 Å². The summed E-state index contributed by atoms with van der Waals surface area (Å²) in [6.07, 6.45) is 1.46. The number of thiophene rings is 1. The minimum atomic E-state index is 0.464. The first-order valence-electron chi connectivity index (χ1n) is 4.95. The summed E-state index contributed by atoms with van der Waals surface area (Å²) in [4.78, 5) is 13.6. The fourth-order valence-corrected chi connectivity index (χ4v) is 3.37. The highest BCUT2D eigenvalue weighted by Crippen LogP contribution is 2.38. The van der Waals surface area contributed by atoms with Crippen molar-refractivity contribution in [3.05, 3.63) is 27.8 Å². The minimum Gasteiger partial charge on any atom is -0.241 e. The van der Waals surface area contributed by atoms with Crippen LogP contribution in [-0.4, -0.2) is 15.0 Å². The Morgan fingerprint density at radius 1 is 1.18 bits per heavy atom. The van der Waals surface area contributed by atoms with Crippen LogP contribution in [0.3, 0.4) is 0 Å². The number of hydrogen-bond acceptors (Lipinski definition) is 4. The summed E-state index contributed by atoms with van der Waals surface area (Å²) in [6, 6.07) is 0. The van der Waals surface area contributed by atoms with E-state index in [4.69, 9.17) is 23.2 Å². The van der Waals surface area contributed by atoms with E-state index < -0.39 is 0 Å². The van der Waals surface area contributed by atoms with Gasteiger partial charge in [0.2, 0.25) is 0 Å². The topological polar surface area (TPSA) is 38.7 Å². The van der Waals surface area contributed by atoms with Crippen molar-refractivity contribution >= 4 is 55.0 Å². The molecule has 17 heavy (non-hydrogen) atoms. The van der Waals surface area contributed by atoms with Gasteiger partial charge in [-0.05, 0) is 19.4 Å². The highest BCUT2D eigenvalue weighted by molar-refractivity contribution is 7.26. The van der Waals surface area contributed by atoms with E-state index in [9.17, 15) is 0 Å². The lowest BCUT2D eigenvalue weighted by Crippen LogP contribution is -1.88. The van der Waals surface area contributed by atoms with E-state index in [-0.39, 0.29) is 0 Å². The molecule has 3 aromatic rings. The summed E-state index contributed by atoms with van der Waals surface area (Å²) in [5, 5.41) is 2.13. The van der Waals surface area contributed by atoms with Gasteiger partial charge in [0.25, 0.3) is 0 Å². The zero-order chi connectivity index (χ0) is 12.2. The van der Waals surface area contributed by atoms with Crippen LogP contribution in [0.5, 0.6) is 0 Å². The van der Waals surface area contributed by atoms with Crippen molar-refractivity contribution in [3.8, 4) is 0 Å². The van der Waals surface area contributed by atoms with E-state index in [2.05, 4.69) is 15.0 Å². The molecule has 0 aromatic carbocycles. The molecule has 0 saturated heterocycles. The molecule has 3 rings (SSSR count). The van der Waals surface area contributed by atoms with Gasteiger partial charge >= 0.3 is 0 Å². The number of aryl methyl sites for hydroxylation is 2. The average Bonchev–Trinajstić information content (AvgIpc) is 2.66. The highest BCUT2D eigenvalue weighted by atomic mass is 35.5. The zero-order valence-corrected chi connectivity index (χ0v) is 11.4. The van der Waals surface area contributed by atoms with Crippen LogP contribution in [0.1, 0.15) is 11.3 Å². The Morgan fingerprint density at radius 2 is 1.94 bits per heavy atom. The molecule has 0 aliphatic rings. The summed E-state index contributed by atoms with van der Waals surface area (Å²) < 4.78 is 0.862. The molecule has 0 amide bonds. The monoisotopic (exact) mass is 283 g/mol. The summed E-state index contributed by atoms with van der Waals surface area (Å²) in [5.74, 6) is 0. The van der Waals surface area contributed by atoms with Gasteiger partial charge in [-0.15, -0.1) is 11.3 Å². The van der Waals surface area contributed by atoms with Gasteiger partial charge in [-0.1, -0.05) is 23.2 Å². The second-order valence-electron chi connectivity index (χ2n) is 3.76. The first kappa shape index (κ1) is 11.1. The van der Waals surface area contributed by atoms with E-state index in [1.165, 1.54) is 17.7 Å². The quantitative estimate of drug-likeness (QED) is 0.582. The second kappa shape index (κ2) is 3.77. The maximum absolute atomic E-state index is 6.22. The number of halogens is 2. The van der Waals surface area contributed by atoms with Crippen molar-refractivity contribution in [1.29, 1.82) is 0 Å². The maximum Gasteiger partial charge on any atom is 0.150 e. The third kappa shape index (κ3) is 1.52. The molecule has 0 radical (unpaired) electrons. The maximum atomic E-state index is 6.22. The van der Waals surface area contributed by atoms with Crippen molar-refractivity contribution in [1.82, 2.24) is 15.0 Å². The van der Waals surface area contributed by atoms with Gasteiger partial charge in [0.15, 0.2) is 0 Å². The Morgan fingerprint density at radius 3 is 2.71 bits per heavy atom. The SMILES string of the molecule is Cc1nc2sc3c(Cl)ncnc3c2c(C)c1Cl. The third-order valence-electron chi connectivity index (χ3n) is 2.70. The van der Waals surface area contributed by atoms with Crippen LogP contribution in [0.25, 0.3) is 20.4 Å². The van der Waals surface area contributed by atoms with Gasteiger partial charge in [-0.3, -0.25) is 0 Å². The smallest absolute Gasteiger partial charge is 0.150 e. The number of pyridine rings is 1. The molecular formula is C11H7Cl2N3S.